The van der Waals surface area contributed by atoms with Crippen LogP contribution in [0.4, 0.5) is 0 Å². The Morgan fingerprint density at radius 2 is 0.800 bits per heavy atom. The fourth-order valence-electron chi connectivity index (χ4n) is 4.42. The maximum atomic E-state index is 12.2. The van der Waals surface area contributed by atoms with Crippen molar-refractivity contribution in [2.45, 2.75) is 63.7 Å². The number of benzene rings is 2. The van der Waals surface area contributed by atoms with Crippen LogP contribution in [-0.2, 0) is 19.4 Å². The van der Waals surface area contributed by atoms with Crippen LogP contribution in [0.2, 0.25) is 0 Å². The summed E-state index contributed by atoms with van der Waals surface area (Å²) in [5, 5.41) is -2.39. The van der Waals surface area contributed by atoms with E-state index in [1.807, 2.05) is 24.3 Å². The molecule has 0 aliphatic carbocycles. The lowest BCUT2D eigenvalue weighted by atomic mass is 9.89. The van der Waals surface area contributed by atoms with Crippen LogP contribution in [0.1, 0.15) is 64.5 Å². The highest BCUT2D eigenvalue weighted by Gasteiger charge is 2.46. The third-order valence-corrected chi connectivity index (χ3v) is 10.6. The van der Waals surface area contributed by atoms with Crippen molar-refractivity contribution in [2.75, 3.05) is 0 Å². The number of hydrogen-bond donors (Lipinski definition) is 4. The van der Waals surface area contributed by atoms with Gasteiger partial charge in [-0.2, -0.15) is 0 Å². The molecule has 0 bridgehead atoms. The van der Waals surface area contributed by atoms with Crippen molar-refractivity contribution >= 4 is 15.2 Å². The van der Waals surface area contributed by atoms with Crippen LogP contribution in [0.25, 0.3) is 11.1 Å². The normalized spacial score (nSPS) is 13.5. The predicted molar refractivity (Wildman–Crippen MR) is 120 cm³/mol. The highest BCUT2D eigenvalue weighted by molar-refractivity contribution is 7.53. The third kappa shape index (κ3) is 4.23. The topological polar surface area (TPSA) is 115 Å². The van der Waals surface area contributed by atoms with Gasteiger partial charge in [0.1, 0.15) is 0 Å². The van der Waals surface area contributed by atoms with Crippen LogP contribution in [0.3, 0.4) is 0 Å². The van der Waals surface area contributed by atoms with Crippen molar-refractivity contribution in [1.29, 1.82) is 0 Å². The Balaban J connectivity index is 2.43. The summed E-state index contributed by atoms with van der Waals surface area (Å²) in [4.78, 5) is 39.7. The van der Waals surface area contributed by atoms with E-state index in [-0.39, 0.29) is 0 Å². The summed E-state index contributed by atoms with van der Waals surface area (Å²) >= 11 is 0. The van der Waals surface area contributed by atoms with E-state index < -0.39 is 25.5 Å². The van der Waals surface area contributed by atoms with Crippen molar-refractivity contribution in [1.82, 2.24) is 0 Å². The Kier molecular flexibility index (Phi) is 7.57. The van der Waals surface area contributed by atoms with Crippen LogP contribution < -0.4 is 0 Å². The van der Waals surface area contributed by atoms with Gasteiger partial charge < -0.3 is 19.6 Å². The van der Waals surface area contributed by atoms with E-state index in [2.05, 4.69) is 0 Å². The lowest BCUT2D eigenvalue weighted by Gasteiger charge is -2.33. The molecule has 2 aromatic rings. The highest BCUT2D eigenvalue weighted by Crippen LogP contribution is 2.62. The molecular weight excluding hydrogens is 422 g/mol. The second kappa shape index (κ2) is 9.08. The van der Waals surface area contributed by atoms with Crippen molar-refractivity contribution in [3.8, 4) is 11.1 Å². The summed E-state index contributed by atoms with van der Waals surface area (Å²) in [5.74, 6) is 0. The van der Waals surface area contributed by atoms with Crippen LogP contribution in [0.5, 0.6) is 0 Å². The van der Waals surface area contributed by atoms with Gasteiger partial charge in [0.2, 0.25) is 0 Å². The Hall–Kier alpha value is -1.26. The minimum absolute atomic E-state index is 0.334. The predicted octanol–water partition coefficient (Wildman–Crippen LogP) is 5.74. The third-order valence-electron chi connectivity index (χ3n) is 6.63. The molecular formula is C22H32O6P2. The monoisotopic (exact) mass is 454 g/mol. The van der Waals surface area contributed by atoms with Gasteiger partial charge in [-0.25, -0.2) is 0 Å². The first kappa shape index (κ1) is 25.0. The highest BCUT2D eigenvalue weighted by atomic mass is 31.2. The van der Waals surface area contributed by atoms with E-state index in [0.717, 1.165) is 11.1 Å². The van der Waals surface area contributed by atoms with Gasteiger partial charge in [0.25, 0.3) is 0 Å². The molecule has 0 fully saturated rings. The molecule has 2 rings (SSSR count). The van der Waals surface area contributed by atoms with Crippen LogP contribution in [0, 0.1) is 0 Å². The van der Waals surface area contributed by atoms with Crippen LogP contribution >= 0.6 is 15.2 Å². The average Bonchev–Trinajstić information content (AvgIpc) is 2.69. The van der Waals surface area contributed by atoms with Gasteiger partial charge in [-0.1, -0.05) is 76.2 Å². The molecule has 0 saturated heterocycles. The van der Waals surface area contributed by atoms with Crippen molar-refractivity contribution in [3.63, 3.8) is 0 Å². The SMILES string of the molecule is CCC(CC)(c1ccc(-c2ccc(C(CC)(CC)P(=O)(O)O)cc2)cc1)P(=O)(O)O. The van der Waals surface area contributed by atoms with E-state index in [1.54, 1.807) is 52.0 Å². The van der Waals surface area contributed by atoms with Crippen molar-refractivity contribution in [3.05, 3.63) is 59.7 Å². The van der Waals surface area contributed by atoms with Gasteiger partial charge in [-0.3, -0.25) is 9.13 Å². The molecule has 0 amide bonds. The zero-order valence-electron chi connectivity index (χ0n) is 17.9. The first-order valence-corrected chi connectivity index (χ1v) is 13.5. The maximum absolute atomic E-state index is 12.2. The lowest BCUT2D eigenvalue weighted by Crippen LogP contribution is -2.24. The second-order valence-corrected chi connectivity index (χ2v) is 11.6. The molecule has 2 aromatic carbocycles. The van der Waals surface area contributed by atoms with Crippen LogP contribution in [0.15, 0.2) is 48.5 Å². The van der Waals surface area contributed by atoms with Gasteiger partial charge in [0, 0.05) is 0 Å². The molecule has 0 heterocycles. The Labute approximate surface area is 178 Å². The molecule has 0 saturated carbocycles. The van der Waals surface area contributed by atoms with Gasteiger partial charge in [-0.15, -0.1) is 0 Å². The molecule has 0 aromatic heterocycles. The van der Waals surface area contributed by atoms with Gasteiger partial charge in [-0.05, 0) is 47.9 Å². The Bertz CT molecular complexity index is 853. The van der Waals surface area contributed by atoms with E-state index in [0.29, 0.717) is 36.8 Å². The maximum Gasteiger partial charge on any atom is 0.335 e. The summed E-state index contributed by atoms with van der Waals surface area (Å²) in [7, 11) is -8.68. The molecule has 0 aliphatic heterocycles. The molecule has 0 aliphatic rings. The standard InChI is InChI=1S/C22H32O6P2/c1-5-21(6-2,29(23,24)25)19-13-9-17(10-14-19)18-11-15-20(16-12-18)22(7-3,8-4)30(26,27)28/h9-16H,5-8H2,1-4H3,(H2,23,24,25)(H2,26,27,28). The van der Waals surface area contributed by atoms with Crippen molar-refractivity contribution < 1.29 is 28.7 Å². The average molecular weight is 454 g/mol. The minimum Gasteiger partial charge on any atom is -0.324 e. The first-order valence-electron chi connectivity index (χ1n) is 10.2. The first-order chi connectivity index (χ1) is 13.9. The quantitative estimate of drug-likeness (QED) is 0.359. The Morgan fingerprint density at radius 1 is 0.567 bits per heavy atom. The van der Waals surface area contributed by atoms with Gasteiger partial charge in [0.05, 0.1) is 10.3 Å². The minimum atomic E-state index is -4.34. The van der Waals surface area contributed by atoms with Gasteiger partial charge >= 0.3 is 15.2 Å². The molecule has 0 unspecified atom stereocenters. The molecule has 30 heavy (non-hydrogen) atoms. The van der Waals surface area contributed by atoms with E-state index >= 15 is 0 Å². The van der Waals surface area contributed by atoms with Gasteiger partial charge in [0.15, 0.2) is 0 Å². The fourth-order valence-corrected chi connectivity index (χ4v) is 7.04. The smallest absolute Gasteiger partial charge is 0.324 e. The van der Waals surface area contributed by atoms with Crippen LogP contribution in [-0.4, -0.2) is 19.6 Å². The molecule has 0 radical (unpaired) electrons. The van der Waals surface area contributed by atoms with Crippen molar-refractivity contribution in [2.24, 2.45) is 0 Å². The fraction of sp³-hybridized carbons (Fsp3) is 0.455. The largest absolute Gasteiger partial charge is 0.335 e. The molecule has 0 spiro atoms. The summed E-state index contributed by atoms with van der Waals surface area (Å²) in [6.45, 7) is 7.13. The summed E-state index contributed by atoms with van der Waals surface area (Å²) in [6.07, 6.45) is 1.33. The molecule has 0 atom stereocenters. The molecule has 166 valence electrons. The lowest BCUT2D eigenvalue weighted by molar-refractivity contribution is 0.314. The second-order valence-electron chi connectivity index (χ2n) is 7.72. The molecule has 4 N–H and O–H groups in total. The summed E-state index contributed by atoms with van der Waals surface area (Å²) < 4.78 is 24.3. The summed E-state index contributed by atoms with van der Waals surface area (Å²) in [5.41, 5.74) is 2.95. The zero-order chi connectivity index (χ0) is 22.8. The molecule has 6 nitrogen and oxygen atoms in total. The zero-order valence-corrected chi connectivity index (χ0v) is 19.7. The molecule has 8 heteroatoms. The number of rotatable bonds is 9. The van der Waals surface area contributed by atoms with E-state index in [1.165, 1.54) is 0 Å². The number of hydrogen-bond acceptors (Lipinski definition) is 2. The Morgan fingerprint density at radius 3 is 0.967 bits per heavy atom. The summed E-state index contributed by atoms with van der Waals surface area (Å²) in [6, 6.07) is 14.3. The van der Waals surface area contributed by atoms with E-state index in [4.69, 9.17) is 0 Å². The van der Waals surface area contributed by atoms with E-state index in [9.17, 15) is 28.7 Å².